The van der Waals surface area contributed by atoms with Gasteiger partial charge in [-0.1, -0.05) is 0 Å². The average Bonchev–Trinajstić information content (AvgIpc) is 2.68. The van der Waals surface area contributed by atoms with Gasteiger partial charge in [0, 0.05) is 39.3 Å². The van der Waals surface area contributed by atoms with Crippen LogP contribution in [0.25, 0.3) is 0 Å². The third-order valence-corrected chi connectivity index (χ3v) is 7.28. The minimum Gasteiger partial charge on any atom is -0.379 e. The van der Waals surface area contributed by atoms with Crippen LogP contribution in [0.1, 0.15) is 24.1 Å². The Morgan fingerprint density at radius 2 is 1.56 bits per heavy atom. The summed E-state index contributed by atoms with van der Waals surface area (Å²) in [5.74, 6) is 0.879. The number of hydrogen-bond acceptors (Lipinski definition) is 6. The summed E-state index contributed by atoms with van der Waals surface area (Å²) in [6.45, 7) is 4.11. The van der Waals surface area contributed by atoms with Crippen molar-refractivity contribution in [3.05, 3.63) is 17.3 Å². The summed E-state index contributed by atoms with van der Waals surface area (Å²) < 4.78 is 33.8. The molecule has 2 aliphatic heterocycles. The van der Waals surface area contributed by atoms with Crippen LogP contribution in [0.15, 0.2) is 6.07 Å². The number of piperazine rings is 1. The molecule has 0 aromatic carbocycles. The van der Waals surface area contributed by atoms with E-state index in [1.54, 1.807) is 4.31 Å². The van der Waals surface area contributed by atoms with Gasteiger partial charge in [-0.25, -0.2) is 0 Å². The van der Waals surface area contributed by atoms with Crippen molar-refractivity contribution in [2.75, 3.05) is 57.4 Å². The summed E-state index contributed by atoms with van der Waals surface area (Å²) in [6.07, 6.45) is 4.50. The second kappa shape index (κ2) is 7.14. The minimum atomic E-state index is -3.38. The normalized spacial score (nSPS) is 23.4. The maximum atomic E-state index is 12.7. The predicted octanol–water partition coefficient (Wildman–Crippen LogP) is 0.0544. The fourth-order valence-electron chi connectivity index (χ4n) is 3.72. The summed E-state index contributed by atoms with van der Waals surface area (Å²) in [5, 5.41) is 8.76. The van der Waals surface area contributed by atoms with E-state index in [-0.39, 0.29) is 0 Å². The number of aryl methyl sites for hydroxylation is 2. The molecule has 1 aromatic heterocycles. The largest absolute Gasteiger partial charge is 0.379 e. The van der Waals surface area contributed by atoms with Gasteiger partial charge in [0.15, 0.2) is 5.82 Å². The Morgan fingerprint density at radius 1 is 0.880 bits per heavy atom. The fourth-order valence-corrected chi connectivity index (χ4v) is 5.28. The molecular weight excluding hydrogens is 342 g/mol. The topological polar surface area (TPSA) is 78.9 Å². The van der Waals surface area contributed by atoms with Crippen LogP contribution in [0.3, 0.4) is 0 Å². The van der Waals surface area contributed by atoms with Crippen molar-refractivity contribution in [1.29, 1.82) is 0 Å². The van der Waals surface area contributed by atoms with Gasteiger partial charge in [0.2, 0.25) is 0 Å². The first-order valence-electron chi connectivity index (χ1n) is 9.08. The van der Waals surface area contributed by atoms with E-state index in [0.717, 1.165) is 24.4 Å². The number of fused-ring (bicyclic) bond motifs is 1. The van der Waals surface area contributed by atoms with Gasteiger partial charge in [0.1, 0.15) is 0 Å². The molecule has 0 unspecified atom stereocenters. The van der Waals surface area contributed by atoms with E-state index in [0.29, 0.717) is 52.5 Å². The molecule has 3 aliphatic rings. The SMILES string of the molecule is O=S(=O)(N1CCOCC1)N1CCN(c2cc3c(nn2)CCCC3)CC1. The highest BCUT2D eigenvalue weighted by atomic mass is 32.2. The summed E-state index contributed by atoms with van der Waals surface area (Å²) in [6, 6.07) is 2.15. The fraction of sp³-hybridized carbons (Fsp3) is 0.750. The average molecular weight is 367 g/mol. The third-order valence-electron chi connectivity index (χ3n) is 5.24. The van der Waals surface area contributed by atoms with Crippen LogP contribution < -0.4 is 4.90 Å². The van der Waals surface area contributed by atoms with Crippen LogP contribution in [-0.4, -0.2) is 79.7 Å². The lowest BCUT2D eigenvalue weighted by atomic mass is 9.97. The van der Waals surface area contributed by atoms with E-state index in [2.05, 4.69) is 21.2 Å². The van der Waals surface area contributed by atoms with E-state index < -0.39 is 10.2 Å². The number of rotatable bonds is 3. The van der Waals surface area contributed by atoms with E-state index in [9.17, 15) is 8.42 Å². The maximum Gasteiger partial charge on any atom is 0.282 e. The molecule has 0 amide bonds. The molecule has 8 nitrogen and oxygen atoms in total. The van der Waals surface area contributed by atoms with Crippen LogP contribution in [0.5, 0.6) is 0 Å². The van der Waals surface area contributed by atoms with Gasteiger partial charge >= 0.3 is 0 Å². The standard InChI is InChI=1S/C16H25N5O3S/c22-25(23,21-9-11-24-12-10-21)20-7-5-19(6-8-20)16-13-14-3-1-2-4-15(14)17-18-16/h13H,1-12H2. The monoisotopic (exact) mass is 367 g/mol. The number of aromatic nitrogens is 2. The van der Waals surface area contributed by atoms with Gasteiger partial charge in [0.25, 0.3) is 10.2 Å². The van der Waals surface area contributed by atoms with Gasteiger partial charge in [-0.3, -0.25) is 0 Å². The van der Waals surface area contributed by atoms with Crippen molar-refractivity contribution in [2.45, 2.75) is 25.7 Å². The third kappa shape index (κ3) is 3.51. The van der Waals surface area contributed by atoms with Crippen LogP contribution in [0.4, 0.5) is 5.82 Å². The zero-order valence-corrected chi connectivity index (χ0v) is 15.2. The van der Waals surface area contributed by atoms with Crippen LogP contribution in [0, 0.1) is 0 Å². The second-order valence-corrected chi connectivity index (χ2v) is 8.72. The number of hydrogen-bond donors (Lipinski definition) is 0. The van der Waals surface area contributed by atoms with Crippen molar-refractivity contribution >= 4 is 16.0 Å². The van der Waals surface area contributed by atoms with Crippen LogP contribution in [-0.2, 0) is 27.8 Å². The van der Waals surface area contributed by atoms with Crippen molar-refractivity contribution < 1.29 is 13.2 Å². The molecule has 9 heteroatoms. The Bertz CT molecular complexity index is 712. The lowest BCUT2D eigenvalue weighted by Crippen LogP contribution is -2.55. The molecule has 0 spiro atoms. The molecule has 0 N–H and O–H groups in total. The Hall–Kier alpha value is -1.29. The molecular formula is C16H25N5O3S. The molecule has 1 aromatic rings. The Balaban J connectivity index is 1.41. The first kappa shape index (κ1) is 17.1. The zero-order valence-electron chi connectivity index (χ0n) is 14.4. The molecule has 2 saturated heterocycles. The Kier molecular flexibility index (Phi) is 4.90. The molecule has 1 aliphatic carbocycles. The van der Waals surface area contributed by atoms with E-state index in [1.807, 2.05) is 0 Å². The molecule has 0 radical (unpaired) electrons. The summed E-state index contributed by atoms with van der Waals surface area (Å²) >= 11 is 0. The first-order chi connectivity index (χ1) is 12.1. The lowest BCUT2D eigenvalue weighted by molar-refractivity contribution is 0.0700. The summed E-state index contributed by atoms with van der Waals surface area (Å²) in [4.78, 5) is 2.15. The minimum absolute atomic E-state index is 0.443. The second-order valence-electron chi connectivity index (χ2n) is 6.79. The quantitative estimate of drug-likeness (QED) is 0.751. The van der Waals surface area contributed by atoms with E-state index >= 15 is 0 Å². The van der Waals surface area contributed by atoms with Crippen molar-refractivity contribution in [2.24, 2.45) is 0 Å². The van der Waals surface area contributed by atoms with Gasteiger partial charge < -0.3 is 9.64 Å². The van der Waals surface area contributed by atoms with E-state index in [4.69, 9.17) is 4.74 Å². The van der Waals surface area contributed by atoms with Crippen molar-refractivity contribution in [1.82, 2.24) is 18.8 Å². The number of morpholine rings is 1. The van der Waals surface area contributed by atoms with Gasteiger partial charge in [-0.15, -0.1) is 5.10 Å². The van der Waals surface area contributed by atoms with Crippen molar-refractivity contribution in [3.8, 4) is 0 Å². The molecule has 25 heavy (non-hydrogen) atoms. The van der Waals surface area contributed by atoms with Gasteiger partial charge in [-0.2, -0.15) is 22.1 Å². The predicted molar refractivity (Wildman–Crippen MR) is 93.8 cm³/mol. The molecule has 4 rings (SSSR count). The first-order valence-corrected chi connectivity index (χ1v) is 10.5. The molecule has 0 saturated carbocycles. The lowest BCUT2D eigenvalue weighted by Gasteiger charge is -2.38. The Labute approximate surface area is 148 Å². The molecule has 3 heterocycles. The van der Waals surface area contributed by atoms with Gasteiger partial charge in [-0.05, 0) is 37.3 Å². The van der Waals surface area contributed by atoms with Crippen LogP contribution in [0.2, 0.25) is 0 Å². The van der Waals surface area contributed by atoms with Gasteiger partial charge in [0.05, 0.1) is 18.9 Å². The molecule has 2 fully saturated rings. The highest BCUT2D eigenvalue weighted by Gasteiger charge is 2.33. The highest BCUT2D eigenvalue weighted by Crippen LogP contribution is 2.23. The molecule has 138 valence electrons. The number of nitrogens with zero attached hydrogens (tertiary/aromatic N) is 5. The van der Waals surface area contributed by atoms with E-state index in [1.165, 1.54) is 22.7 Å². The highest BCUT2D eigenvalue weighted by molar-refractivity contribution is 7.86. The number of anilines is 1. The Morgan fingerprint density at radius 3 is 2.32 bits per heavy atom. The van der Waals surface area contributed by atoms with Crippen molar-refractivity contribution in [3.63, 3.8) is 0 Å². The summed E-state index contributed by atoms with van der Waals surface area (Å²) in [5.41, 5.74) is 2.43. The smallest absolute Gasteiger partial charge is 0.282 e. The molecule has 0 bridgehead atoms. The van der Waals surface area contributed by atoms with Crippen LogP contribution >= 0.6 is 0 Å². The maximum absolute atomic E-state index is 12.7. The molecule has 0 atom stereocenters. The number of ether oxygens (including phenoxy) is 1. The zero-order chi connectivity index (χ0) is 17.3. The summed E-state index contributed by atoms with van der Waals surface area (Å²) in [7, 11) is -3.38.